The van der Waals surface area contributed by atoms with Crippen LogP contribution in [0, 0.1) is 0 Å². The van der Waals surface area contributed by atoms with Crippen molar-refractivity contribution in [3.63, 3.8) is 0 Å². The maximum absolute atomic E-state index is 12.4. The number of rotatable bonds is 5. The normalized spacial score (nSPS) is 20.3. The zero-order valence-corrected chi connectivity index (χ0v) is 14.9. The molecule has 0 radical (unpaired) electrons. The molecule has 1 atom stereocenters. The monoisotopic (exact) mass is 368 g/mol. The van der Waals surface area contributed by atoms with Crippen molar-refractivity contribution in [1.82, 2.24) is 5.43 Å². The van der Waals surface area contributed by atoms with Gasteiger partial charge < -0.3 is 18.9 Å². The number of benzene rings is 2. The fraction of sp³-hybridized carbons (Fsp3) is 0.300. The number of hydrazone groups is 1. The molecule has 2 heterocycles. The summed E-state index contributed by atoms with van der Waals surface area (Å²) in [6, 6.07) is 13.1. The lowest BCUT2D eigenvalue weighted by molar-refractivity contribution is -0.130. The summed E-state index contributed by atoms with van der Waals surface area (Å²) in [6.07, 6.45) is 2.10. The minimum absolute atomic E-state index is 0.127. The highest BCUT2D eigenvalue weighted by atomic mass is 16.7. The fourth-order valence-electron chi connectivity index (χ4n) is 3.32. The third kappa shape index (κ3) is 3.73. The largest absolute Gasteiger partial charge is 0.454 e. The highest BCUT2D eigenvalue weighted by Crippen LogP contribution is 2.43. The molecule has 7 heteroatoms. The number of para-hydroxylation sites is 1. The minimum atomic E-state index is -0.756. The average Bonchev–Trinajstić information content (AvgIpc) is 3.12. The zero-order valence-electron chi connectivity index (χ0n) is 14.9. The van der Waals surface area contributed by atoms with Gasteiger partial charge in [0.15, 0.2) is 17.9 Å². The molecule has 2 aromatic rings. The van der Waals surface area contributed by atoms with Crippen LogP contribution in [-0.4, -0.2) is 25.7 Å². The Labute approximate surface area is 156 Å². The van der Waals surface area contributed by atoms with Crippen molar-refractivity contribution in [3.05, 3.63) is 53.6 Å². The predicted octanol–water partition coefficient (Wildman–Crippen LogP) is 2.73. The second-order valence-corrected chi connectivity index (χ2v) is 6.57. The van der Waals surface area contributed by atoms with Gasteiger partial charge in [-0.15, -0.1) is 5.10 Å². The van der Waals surface area contributed by atoms with Crippen molar-refractivity contribution < 1.29 is 23.7 Å². The molecular formula is C20H20N2O5. The van der Waals surface area contributed by atoms with E-state index in [-0.39, 0.29) is 19.1 Å². The van der Waals surface area contributed by atoms with Crippen LogP contribution in [0.25, 0.3) is 0 Å². The Hall–Kier alpha value is -3.06. The lowest BCUT2D eigenvalue weighted by atomic mass is 9.84. The van der Waals surface area contributed by atoms with Crippen molar-refractivity contribution in [1.29, 1.82) is 0 Å². The molecule has 1 amide bonds. The van der Waals surface area contributed by atoms with Crippen LogP contribution in [-0.2, 0) is 21.6 Å². The van der Waals surface area contributed by atoms with E-state index in [4.69, 9.17) is 18.9 Å². The van der Waals surface area contributed by atoms with Crippen LogP contribution in [0.5, 0.6) is 17.2 Å². The van der Waals surface area contributed by atoms with Gasteiger partial charge in [-0.1, -0.05) is 18.2 Å². The Morgan fingerprint density at radius 3 is 2.85 bits per heavy atom. The van der Waals surface area contributed by atoms with Gasteiger partial charge in [-0.2, -0.15) is 0 Å². The molecular weight excluding hydrogens is 348 g/mol. The molecule has 1 N–H and O–H groups in total. The van der Waals surface area contributed by atoms with E-state index in [1.54, 1.807) is 12.1 Å². The first-order valence-electron chi connectivity index (χ1n) is 8.73. The van der Waals surface area contributed by atoms with Gasteiger partial charge in [0.1, 0.15) is 5.75 Å². The summed E-state index contributed by atoms with van der Waals surface area (Å²) in [5, 5.41) is 3.83. The quantitative estimate of drug-likeness (QED) is 0.499. The molecule has 0 aromatic heterocycles. The molecule has 0 aliphatic carbocycles. The standard InChI is InChI=1S/C20H20N2O5/c1-20(11-19(23)22-21-12-24-15-5-3-2-4-6-15)16-10-18-17(25-13-26-18)9-14(16)7-8-27-20/h2-6,9-10,12H,7-8,11,13H2,1H3,(H,22,23)/b21-12+. The number of amides is 1. The Kier molecular flexibility index (Phi) is 4.68. The van der Waals surface area contributed by atoms with Crippen LogP contribution < -0.4 is 19.6 Å². The molecule has 0 bridgehead atoms. The zero-order chi connectivity index (χ0) is 18.7. The molecule has 0 spiro atoms. The molecule has 2 aliphatic heterocycles. The number of hydrogen-bond acceptors (Lipinski definition) is 6. The van der Waals surface area contributed by atoms with Crippen LogP contribution in [0.1, 0.15) is 24.5 Å². The van der Waals surface area contributed by atoms with Crippen LogP contribution in [0.3, 0.4) is 0 Å². The first kappa shape index (κ1) is 17.4. The van der Waals surface area contributed by atoms with E-state index in [1.165, 1.54) is 6.40 Å². The molecule has 2 aliphatic rings. The van der Waals surface area contributed by atoms with Crippen molar-refractivity contribution in [2.75, 3.05) is 13.4 Å². The van der Waals surface area contributed by atoms with Gasteiger partial charge in [0, 0.05) is 0 Å². The van der Waals surface area contributed by atoms with Crippen molar-refractivity contribution in [2.45, 2.75) is 25.4 Å². The van der Waals surface area contributed by atoms with Gasteiger partial charge in [0.2, 0.25) is 12.7 Å². The number of nitrogens with zero attached hydrogens (tertiary/aromatic N) is 1. The first-order valence-corrected chi connectivity index (χ1v) is 8.73. The van der Waals surface area contributed by atoms with Crippen LogP contribution in [0.2, 0.25) is 0 Å². The van der Waals surface area contributed by atoms with E-state index in [0.29, 0.717) is 18.1 Å². The van der Waals surface area contributed by atoms with Crippen LogP contribution in [0.15, 0.2) is 47.6 Å². The average molecular weight is 368 g/mol. The summed E-state index contributed by atoms with van der Waals surface area (Å²) < 4.78 is 22.2. The molecule has 140 valence electrons. The number of carbonyl (C=O) groups excluding carboxylic acids is 1. The maximum Gasteiger partial charge on any atom is 0.243 e. The van der Waals surface area contributed by atoms with Gasteiger partial charge in [-0.05, 0) is 48.7 Å². The van der Waals surface area contributed by atoms with E-state index in [9.17, 15) is 4.79 Å². The van der Waals surface area contributed by atoms with Gasteiger partial charge >= 0.3 is 0 Å². The van der Waals surface area contributed by atoms with Crippen molar-refractivity contribution in [3.8, 4) is 17.2 Å². The van der Waals surface area contributed by atoms with E-state index in [2.05, 4.69) is 10.5 Å². The first-order chi connectivity index (χ1) is 13.1. The van der Waals surface area contributed by atoms with Gasteiger partial charge in [0.25, 0.3) is 0 Å². The Balaban J connectivity index is 1.41. The molecule has 4 rings (SSSR count). The number of carbonyl (C=O) groups is 1. The van der Waals surface area contributed by atoms with E-state index in [0.717, 1.165) is 23.3 Å². The summed E-state index contributed by atoms with van der Waals surface area (Å²) in [6.45, 7) is 2.65. The summed E-state index contributed by atoms with van der Waals surface area (Å²) in [5.74, 6) is 1.80. The number of hydrogen-bond donors (Lipinski definition) is 1. The van der Waals surface area contributed by atoms with E-state index >= 15 is 0 Å². The number of ether oxygens (including phenoxy) is 4. The lowest BCUT2D eigenvalue weighted by Gasteiger charge is -2.35. The molecule has 1 unspecified atom stereocenters. The van der Waals surface area contributed by atoms with Crippen molar-refractivity contribution in [2.24, 2.45) is 5.10 Å². The Bertz CT molecular complexity index is 868. The molecule has 27 heavy (non-hydrogen) atoms. The lowest BCUT2D eigenvalue weighted by Crippen LogP contribution is -2.37. The van der Waals surface area contributed by atoms with Crippen LogP contribution >= 0.6 is 0 Å². The number of nitrogens with one attached hydrogen (secondary N) is 1. The SMILES string of the molecule is CC1(CC(=O)N/N=C/Oc2ccccc2)OCCc2cc3c(cc21)OCO3. The Morgan fingerprint density at radius 2 is 2.04 bits per heavy atom. The smallest absolute Gasteiger partial charge is 0.243 e. The summed E-state index contributed by atoms with van der Waals surface area (Å²) in [4.78, 5) is 12.4. The molecule has 0 saturated carbocycles. The second-order valence-electron chi connectivity index (χ2n) is 6.57. The summed E-state index contributed by atoms with van der Waals surface area (Å²) in [7, 11) is 0. The fourth-order valence-corrected chi connectivity index (χ4v) is 3.32. The van der Waals surface area contributed by atoms with Gasteiger partial charge in [-0.3, -0.25) is 4.79 Å². The topological polar surface area (TPSA) is 78.4 Å². The summed E-state index contributed by atoms with van der Waals surface area (Å²) in [5.41, 5.74) is 3.77. The maximum atomic E-state index is 12.4. The highest BCUT2D eigenvalue weighted by Gasteiger charge is 2.37. The van der Waals surface area contributed by atoms with Crippen LogP contribution in [0.4, 0.5) is 0 Å². The van der Waals surface area contributed by atoms with E-state index < -0.39 is 5.60 Å². The molecule has 0 fully saturated rings. The summed E-state index contributed by atoms with van der Waals surface area (Å²) >= 11 is 0. The third-order valence-electron chi connectivity index (χ3n) is 4.63. The molecule has 0 saturated heterocycles. The highest BCUT2D eigenvalue weighted by molar-refractivity contribution is 5.78. The Morgan fingerprint density at radius 1 is 1.26 bits per heavy atom. The minimum Gasteiger partial charge on any atom is -0.454 e. The van der Waals surface area contributed by atoms with E-state index in [1.807, 2.05) is 37.3 Å². The van der Waals surface area contributed by atoms with Gasteiger partial charge in [0.05, 0.1) is 18.6 Å². The predicted molar refractivity (Wildman–Crippen MR) is 97.9 cm³/mol. The number of fused-ring (bicyclic) bond motifs is 2. The second kappa shape index (κ2) is 7.28. The van der Waals surface area contributed by atoms with Gasteiger partial charge in [-0.25, -0.2) is 5.43 Å². The third-order valence-corrected chi connectivity index (χ3v) is 4.63. The van der Waals surface area contributed by atoms with Crippen molar-refractivity contribution >= 4 is 12.3 Å². The molecule has 2 aromatic carbocycles. The molecule has 7 nitrogen and oxygen atoms in total.